The summed E-state index contributed by atoms with van der Waals surface area (Å²) >= 11 is 0. The minimum absolute atomic E-state index is 1.02. The third kappa shape index (κ3) is 2.07. The summed E-state index contributed by atoms with van der Waals surface area (Å²) in [7, 11) is 6.31. The lowest BCUT2D eigenvalue weighted by Crippen LogP contribution is -2.16. The largest absolute Gasteiger partial charge is 0.377 e. The number of anilines is 2. The second-order valence-corrected chi connectivity index (χ2v) is 4.56. The van der Waals surface area contributed by atoms with E-state index < -0.39 is 0 Å². The van der Waals surface area contributed by atoms with E-state index in [-0.39, 0.29) is 0 Å². The van der Waals surface area contributed by atoms with Gasteiger partial charge in [0.05, 0.1) is 0 Å². The molecule has 0 atom stereocenters. The second-order valence-electron chi connectivity index (χ2n) is 4.56. The van der Waals surface area contributed by atoms with Crippen molar-refractivity contribution < 1.29 is 0 Å². The first kappa shape index (κ1) is 11.8. The molecule has 0 bridgehead atoms. The predicted molar refractivity (Wildman–Crippen MR) is 77.2 cm³/mol. The molecule has 2 rings (SSSR count). The van der Waals surface area contributed by atoms with Crippen LogP contribution in [0, 0.1) is 0 Å². The topological polar surface area (TPSA) is 6.48 Å². The molecule has 0 amide bonds. The molecule has 0 radical (unpaired) electrons. The van der Waals surface area contributed by atoms with Gasteiger partial charge in [0, 0.05) is 49.8 Å². The van der Waals surface area contributed by atoms with E-state index in [4.69, 9.17) is 0 Å². The molecule has 0 aliphatic heterocycles. The summed E-state index contributed by atoms with van der Waals surface area (Å²) in [4.78, 5) is 4.44. The van der Waals surface area contributed by atoms with Crippen LogP contribution in [0.2, 0.25) is 0 Å². The average molecular weight is 228 g/mol. The molecule has 0 fully saturated rings. The number of nitrogens with zero attached hydrogens (tertiary/aromatic N) is 2. The number of fused-ring (bicyclic) bond motifs is 1. The van der Waals surface area contributed by atoms with Crippen molar-refractivity contribution >= 4 is 22.1 Å². The van der Waals surface area contributed by atoms with Crippen molar-refractivity contribution in [3.63, 3.8) is 0 Å². The van der Waals surface area contributed by atoms with Crippen molar-refractivity contribution in [2.75, 3.05) is 37.5 Å². The van der Waals surface area contributed by atoms with Crippen LogP contribution in [0.3, 0.4) is 0 Å². The summed E-state index contributed by atoms with van der Waals surface area (Å²) in [6, 6.07) is 13.0. The molecule has 2 aromatic carbocycles. The maximum Gasteiger partial charge on any atom is 0.0443 e. The number of rotatable bonds is 3. The van der Waals surface area contributed by atoms with Gasteiger partial charge in [-0.1, -0.05) is 24.3 Å². The van der Waals surface area contributed by atoms with Gasteiger partial charge in [-0.2, -0.15) is 0 Å². The number of benzene rings is 2. The monoisotopic (exact) mass is 228 g/mol. The summed E-state index contributed by atoms with van der Waals surface area (Å²) in [6.07, 6.45) is 0. The maximum atomic E-state index is 2.28. The van der Waals surface area contributed by atoms with Gasteiger partial charge in [-0.05, 0) is 19.1 Å². The quantitative estimate of drug-likeness (QED) is 0.794. The highest BCUT2D eigenvalue weighted by Crippen LogP contribution is 2.31. The van der Waals surface area contributed by atoms with Crippen molar-refractivity contribution in [2.45, 2.75) is 6.92 Å². The molecule has 0 aliphatic carbocycles. The van der Waals surface area contributed by atoms with Crippen LogP contribution >= 0.6 is 0 Å². The van der Waals surface area contributed by atoms with E-state index in [1.165, 1.54) is 22.1 Å². The van der Waals surface area contributed by atoms with Gasteiger partial charge in [0.15, 0.2) is 0 Å². The Morgan fingerprint density at radius 2 is 1.35 bits per heavy atom. The van der Waals surface area contributed by atoms with E-state index in [9.17, 15) is 0 Å². The Labute approximate surface area is 103 Å². The normalized spacial score (nSPS) is 10.6. The van der Waals surface area contributed by atoms with Crippen molar-refractivity contribution in [3.8, 4) is 0 Å². The van der Waals surface area contributed by atoms with E-state index in [2.05, 4.69) is 74.3 Å². The van der Waals surface area contributed by atoms with Crippen molar-refractivity contribution in [2.24, 2.45) is 0 Å². The molecular formula is C15H20N2. The highest BCUT2D eigenvalue weighted by Gasteiger charge is 2.07. The molecule has 0 saturated carbocycles. The van der Waals surface area contributed by atoms with Gasteiger partial charge < -0.3 is 9.80 Å². The molecule has 17 heavy (non-hydrogen) atoms. The zero-order valence-electron chi connectivity index (χ0n) is 11.1. The summed E-state index contributed by atoms with van der Waals surface area (Å²) in [5, 5.41) is 2.64. The van der Waals surface area contributed by atoms with Crippen molar-refractivity contribution in [1.29, 1.82) is 0 Å². The lowest BCUT2D eigenvalue weighted by Gasteiger charge is -2.21. The number of hydrogen-bond acceptors (Lipinski definition) is 2. The lowest BCUT2D eigenvalue weighted by atomic mass is 10.1. The molecule has 0 saturated heterocycles. The van der Waals surface area contributed by atoms with Gasteiger partial charge in [0.1, 0.15) is 0 Å². The highest BCUT2D eigenvalue weighted by atomic mass is 15.1. The van der Waals surface area contributed by atoms with Crippen molar-refractivity contribution in [3.05, 3.63) is 36.4 Å². The second kappa shape index (κ2) is 4.66. The molecule has 0 spiro atoms. The van der Waals surface area contributed by atoms with E-state index in [1.807, 2.05) is 0 Å². The molecule has 2 nitrogen and oxygen atoms in total. The highest BCUT2D eigenvalue weighted by molar-refractivity contribution is 6.01. The predicted octanol–water partition coefficient (Wildman–Crippen LogP) is 3.36. The van der Waals surface area contributed by atoms with Crippen LogP contribution in [0.1, 0.15) is 6.92 Å². The Morgan fingerprint density at radius 1 is 0.824 bits per heavy atom. The molecule has 2 aromatic rings. The molecule has 2 heteroatoms. The summed E-state index contributed by atoms with van der Waals surface area (Å²) < 4.78 is 0. The Morgan fingerprint density at radius 3 is 1.88 bits per heavy atom. The van der Waals surface area contributed by atoms with Crippen molar-refractivity contribution in [1.82, 2.24) is 0 Å². The first-order valence-corrected chi connectivity index (χ1v) is 6.05. The van der Waals surface area contributed by atoms with Crippen LogP contribution in [0.25, 0.3) is 10.8 Å². The first-order chi connectivity index (χ1) is 8.15. The minimum Gasteiger partial charge on any atom is -0.377 e. The Bertz CT molecular complexity index is 517. The van der Waals surface area contributed by atoms with Gasteiger partial charge in [-0.3, -0.25) is 0 Å². The van der Waals surface area contributed by atoms with Gasteiger partial charge >= 0.3 is 0 Å². The zero-order chi connectivity index (χ0) is 12.4. The lowest BCUT2D eigenvalue weighted by molar-refractivity contribution is 0.974. The first-order valence-electron chi connectivity index (χ1n) is 6.05. The van der Waals surface area contributed by atoms with Gasteiger partial charge in [-0.15, -0.1) is 0 Å². The summed E-state index contributed by atoms with van der Waals surface area (Å²) in [5.74, 6) is 0. The fourth-order valence-corrected chi connectivity index (χ4v) is 2.17. The van der Waals surface area contributed by atoms with Crippen LogP contribution in [0.15, 0.2) is 36.4 Å². The molecule has 0 N–H and O–H groups in total. The van der Waals surface area contributed by atoms with E-state index in [1.54, 1.807) is 0 Å². The van der Waals surface area contributed by atoms with Crippen LogP contribution < -0.4 is 9.80 Å². The van der Waals surface area contributed by atoms with E-state index in [0.29, 0.717) is 0 Å². The van der Waals surface area contributed by atoms with Crippen LogP contribution in [-0.2, 0) is 0 Å². The van der Waals surface area contributed by atoms with E-state index in [0.717, 1.165) is 6.54 Å². The van der Waals surface area contributed by atoms with E-state index >= 15 is 0 Å². The maximum absolute atomic E-state index is 2.28. The van der Waals surface area contributed by atoms with Gasteiger partial charge in [-0.25, -0.2) is 0 Å². The molecule has 0 aromatic heterocycles. The Balaban J connectivity index is 2.70. The molecule has 0 heterocycles. The summed E-state index contributed by atoms with van der Waals surface area (Å²) in [6.45, 7) is 3.19. The molecule has 0 aliphatic rings. The third-order valence-electron chi connectivity index (χ3n) is 3.24. The van der Waals surface area contributed by atoms with Crippen LogP contribution in [-0.4, -0.2) is 27.7 Å². The average Bonchev–Trinajstić information content (AvgIpc) is 2.36. The molecular weight excluding hydrogens is 208 g/mol. The smallest absolute Gasteiger partial charge is 0.0443 e. The van der Waals surface area contributed by atoms with Crippen LogP contribution in [0.5, 0.6) is 0 Å². The standard InChI is InChI=1S/C15H20N2/c1-5-17(4)15-11-7-8-12-13(15)9-6-10-14(12)16(2)3/h6-11H,5H2,1-4H3. The molecule has 0 unspecified atom stereocenters. The minimum atomic E-state index is 1.02. The fraction of sp³-hybridized carbons (Fsp3) is 0.333. The third-order valence-corrected chi connectivity index (χ3v) is 3.24. The number of hydrogen-bond donors (Lipinski definition) is 0. The fourth-order valence-electron chi connectivity index (χ4n) is 2.17. The molecule has 90 valence electrons. The van der Waals surface area contributed by atoms with Crippen LogP contribution in [0.4, 0.5) is 11.4 Å². The zero-order valence-corrected chi connectivity index (χ0v) is 11.1. The van der Waals surface area contributed by atoms with Gasteiger partial charge in [0.2, 0.25) is 0 Å². The Hall–Kier alpha value is -1.70. The summed E-state index contributed by atoms with van der Waals surface area (Å²) in [5.41, 5.74) is 2.57. The van der Waals surface area contributed by atoms with Gasteiger partial charge in [0.25, 0.3) is 0 Å². The Kier molecular flexibility index (Phi) is 3.23. The SMILES string of the molecule is CCN(C)c1cccc2c(N(C)C)cccc12.